The van der Waals surface area contributed by atoms with Gasteiger partial charge in [-0.05, 0) is 26.7 Å². The highest BCUT2D eigenvalue weighted by molar-refractivity contribution is 5.78. The molecular weight excluding hydrogens is 442 g/mol. The van der Waals surface area contributed by atoms with Gasteiger partial charge in [0.15, 0.2) is 6.29 Å². The molecule has 1 aliphatic heterocycles. The summed E-state index contributed by atoms with van der Waals surface area (Å²) >= 11 is 0. The zero-order valence-corrected chi connectivity index (χ0v) is 18.9. The van der Waals surface area contributed by atoms with Crippen LogP contribution in [0.2, 0.25) is 0 Å². The molecule has 32 heavy (non-hydrogen) atoms. The number of likely N-dealkylation sites (N-methyl/N-ethyl adjacent to an activating group) is 2. The molecule has 1 heterocycles. The number of amides is 1. The topological polar surface area (TPSA) is 108 Å². The Hall–Kier alpha value is -1.13. The van der Waals surface area contributed by atoms with E-state index in [4.69, 9.17) is 14.2 Å². The second-order valence-electron chi connectivity index (χ2n) is 7.94. The van der Waals surface area contributed by atoms with Crippen molar-refractivity contribution in [2.24, 2.45) is 0 Å². The van der Waals surface area contributed by atoms with Crippen LogP contribution in [0, 0.1) is 0 Å². The molecule has 190 valence electrons. The van der Waals surface area contributed by atoms with Crippen LogP contribution in [0.15, 0.2) is 0 Å². The van der Waals surface area contributed by atoms with E-state index in [9.17, 15) is 27.8 Å². The summed E-state index contributed by atoms with van der Waals surface area (Å²) in [6.45, 7) is 2.17. The number of aliphatic hydroxyl groups is 1. The number of ether oxygens (including phenoxy) is 3. The van der Waals surface area contributed by atoms with Gasteiger partial charge >= 0.3 is 0 Å². The molecule has 1 fully saturated rings. The summed E-state index contributed by atoms with van der Waals surface area (Å²) in [5, 5.41) is 11.5. The van der Waals surface area contributed by atoms with Gasteiger partial charge in [0.2, 0.25) is 5.91 Å². The monoisotopic (exact) mass is 477 g/mol. The highest BCUT2D eigenvalue weighted by atomic mass is 19.2. The zero-order chi connectivity index (χ0) is 24.4. The van der Waals surface area contributed by atoms with Gasteiger partial charge in [-0.15, -0.1) is 28.6 Å². The maximum absolute atomic E-state index is 13.4. The summed E-state index contributed by atoms with van der Waals surface area (Å²) < 4.78 is 69.2. The van der Waals surface area contributed by atoms with Crippen LogP contribution in [0.4, 0.5) is 17.9 Å². The van der Waals surface area contributed by atoms with E-state index in [1.54, 1.807) is 12.5 Å². The summed E-state index contributed by atoms with van der Waals surface area (Å²) in [6.07, 6.45) is -5.04. The third-order valence-electron chi connectivity index (χ3n) is 5.60. The normalized spacial score (nSPS) is 26.4. The first-order valence-electron chi connectivity index (χ1n) is 10.3. The fraction of sp³-hybridized carbons (Fsp3) is 0.944. The molecular formula is C18H35F4N5O5. The van der Waals surface area contributed by atoms with E-state index >= 15 is 0 Å². The maximum Gasteiger partial charge on any atom is 0.239 e. The van der Waals surface area contributed by atoms with E-state index in [2.05, 4.69) is 0 Å². The van der Waals surface area contributed by atoms with Gasteiger partial charge in [-0.1, -0.05) is 0 Å². The molecule has 0 radical (unpaired) electrons. The lowest BCUT2D eigenvalue weighted by atomic mass is 9.95. The zero-order valence-electron chi connectivity index (χ0n) is 18.9. The van der Waals surface area contributed by atoms with Crippen molar-refractivity contribution in [2.45, 2.75) is 75.5 Å². The van der Waals surface area contributed by atoms with E-state index in [1.807, 2.05) is 0 Å². The SMILES string of the molecule is COC(C)C(C(O)C(OC1OC(CN(C)F)CC[C@@H]1NF)C(C)NF)N(C)C(=O)CNF. The van der Waals surface area contributed by atoms with Crippen molar-refractivity contribution < 1.29 is 42.0 Å². The number of hydrogen-bond donors (Lipinski definition) is 4. The standard InChI is InChI=1S/C18H35F4N5O5/c1-10(24-20)17(16(29)15(11(2)30-5)27(4)14(28)8-23-19)32-18-13(25-21)7-6-12(31-18)9-26(3)22/h10-13,15-18,23-25,29H,6-9H2,1-5H3/t10?,11?,12?,13-,15?,16?,17?,18?/m0/s1. The molecule has 14 heteroatoms. The number of hydrogen-bond acceptors (Lipinski definition) is 9. The van der Waals surface area contributed by atoms with E-state index in [-0.39, 0.29) is 13.0 Å². The smallest absolute Gasteiger partial charge is 0.239 e. The number of rotatable bonds is 14. The number of methoxy groups -OCH3 is 1. The number of carbonyl (C=O) groups excluding carboxylic acids is 1. The third kappa shape index (κ3) is 8.02. The first-order chi connectivity index (χ1) is 15.1. The molecule has 1 saturated heterocycles. The maximum atomic E-state index is 13.4. The minimum Gasteiger partial charge on any atom is -0.388 e. The Kier molecular flexibility index (Phi) is 12.8. The predicted octanol–water partition coefficient (Wildman–Crippen LogP) is 0.0952. The second kappa shape index (κ2) is 14.2. The number of nitrogens with one attached hydrogen (secondary N) is 3. The molecule has 0 aliphatic carbocycles. The molecule has 0 spiro atoms. The minimum absolute atomic E-state index is 0.0974. The Labute approximate surface area is 185 Å². The molecule has 0 aromatic carbocycles. The van der Waals surface area contributed by atoms with Crippen LogP contribution in [-0.2, 0) is 19.0 Å². The summed E-state index contributed by atoms with van der Waals surface area (Å²) in [7, 11) is 3.87. The second-order valence-corrected chi connectivity index (χ2v) is 7.94. The van der Waals surface area contributed by atoms with E-state index in [0.29, 0.717) is 11.5 Å². The Balaban J connectivity index is 3.15. The molecule has 7 unspecified atom stereocenters. The molecule has 0 bridgehead atoms. The number of nitrogens with zero attached hydrogens (tertiary/aromatic N) is 2. The first kappa shape index (κ1) is 28.9. The average Bonchev–Trinajstić information content (AvgIpc) is 2.76. The van der Waals surface area contributed by atoms with Gasteiger partial charge < -0.3 is 24.2 Å². The summed E-state index contributed by atoms with van der Waals surface area (Å²) in [5.74, 6) is -0.705. The van der Waals surface area contributed by atoms with Gasteiger partial charge in [-0.2, -0.15) is 11.1 Å². The highest BCUT2D eigenvalue weighted by Crippen LogP contribution is 2.26. The quantitative estimate of drug-likeness (QED) is 0.205. The van der Waals surface area contributed by atoms with Gasteiger partial charge in [0, 0.05) is 21.2 Å². The largest absolute Gasteiger partial charge is 0.388 e. The molecule has 0 aromatic heterocycles. The van der Waals surface area contributed by atoms with Crippen LogP contribution in [0.3, 0.4) is 0 Å². The lowest BCUT2D eigenvalue weighted by Crippen LogP contribution is -2.61. The minimum atomic E-state index is -1.56. The van der Waals surface area contributed by atoms with Crippen molar-refractivity contribution in [3.05, 3.63) is 0 Å². The molecule has 4 N–H and O–H groups in total. The van der Waals surface area contributed by atoms with Crippen molar-refractivity contribution in [1.29, 1.82) is 0 Å². The Morgan fingerprint density at radius 3 is 2.41 bits per heavy atom. The van der Waals surface area contributed by atoms with Gasteiger partial charge in [0.25, 0.3) is 0 Å². The van der Waals surface area contributed by atoms with Crippen LogP contribution in [0.5, 0.6) is 0 Å². The summed E-state index contributed by atoms with van der Waals surface area (Å²) in [4.78, 5) is 13.3. The lowest BCUT2D eigenvalue weighted by molar-refractivity contribution is -0.261. The molecule has 8 atom stereocenters. The summed E-state index contributed by atoms with van der Waals surface area (Å²) in [5.41, 5.74) is 4.28. The van der Waals surface area contributed by atoms with E-state index in [0.717, 1.165) is 4.90 Å². The van der Waals surface area contributed by atoms with Crippen LogP contribution >= 0.6 is 0 Å². The Morgan fingerprint density at radius 2 is 1.91 bits per heavy atom. The van der Waals surface area contributed by atoms with E-state index in [1.165, 1.54) is 39.2 Å². The first-order valence-corrected chi connectivity index (χ1v) is 10.3. The summed E-state index contributed by atoms with van der Waals surface area (Å²) in [6, 6.07) is -3.17. The Bertz CT molecular complexity index is 556. The molecule has 10 nitrogen and oxygen atoms in total. The number of aliphatic hydroxyl groups excluding tert-OH is 1. The molecule has 1 amide bonds. The van der Waals surface area contributed by atoms with Crippen LogP contribution in [0.25, 0.3) is 0 Å². The fourth-order valence-electron chi connectivity index (χ4n) is 3.72. The predicted molar refractivity (Wildman–Crippen MR) is 106 cm³/mol. The number of carbonyl (C=O) groups is 1. The average molecular weight is 478 g/mol. The molecule has 0 aromatic rings. The van der Waals surface area contributed by atoms with Gasteiger partial charge in [0.05, 0.1) is 36.9 Å². The molecule has 0 saturated carbocycles. The van der Waals surface area contributed by atoms with Crippen molar-refractivity contribution in [1.82, 2.24) is 26.6 Å². The molecule has 1 aliphatic rings. The van der Waals surface area contributed by atoms with Crippen molar-refractivity contribution in [3.8, 4) is 0 Å². The van der Waals surface area contributed by atoms with Crippen LogP contribution in [-0.4, -0.2) is 104 Å². The van der Waals surface area contributed by atoms with Crippen molar-refractivity contribution >= 4 is 5.91 Å². The lowest BCUT2D eigenvalue weighted by Gasteiger charge is -2.43. The highest BCUT2D eigenvalue weighted by Gasteiger charge is 2.43. The fourth-order valence-corrected chi connectivity index (χ4v) is 3.72. The Morgan fingerprint density at radius 1 is 1.25 bits per heavy atom. The van der Waals surface area contributed by atoms with Gasteiger partial charge in [0.1, 0.15) is 18.8 Å². The third-order valence-corrected chi connectivity index (χ3v) is 5.60. The van der Waals surface area contributed by atoms with Gasteiger partial charge in [-0.25, -0.2) is 0 Å². The molecule has 1 rings (SSSR count). The van der Waals surface area contributed by atoms with Crippen LogP contribution in [0.1, 0.15) is 26.7 Å². The van der Waals surface area contributed by atoms with Crippen molar-refractivity contribution in [2.75, 3.05) is 34.3 Å². The van der Waals surface area contributed by atoms with Gasteiger partial charge in [-0.3, -0.25) is 4.79 Å². The van der Waals surface area contributed by atoms with Crippen LogP contribution < -0.4 is 16.6 Å². The van der Waals surface area contributed by atoms with E-state index < -0.39 is 61.3 Å². The van der Waals surface area contributed by atoms with Crippen molar-refractivity contribution in [3.63, 3.8) is 0 Å². The number of halogens is 4.